The van der Waals surface area contributed by atoms with Crippen LogP contribution in [0.4, 0.5) is 5.69 Å². The number of hydrogen-bond donors (Lipinski definition) is 0. The summed E-state index contributed by atoms with van der Waals surface area (Å²) in [6.45, 7) is 6.22. The maximum atomic E-state index is 5.92. The van der Waals surface area contributed by atoms with Gasteiger partial charge in [-0.2, -0.15) is 0 Å². The number of aromatic nitrogens is 1. The highest BCUT2D eigenvalue weighted by Gasteiger charge is 2.18. The number of anilines is 1. The van der Waals surface area contributed by atoms with Crippen LogP contribution in [0, 0.1) is 0 Å². The van der Waals surface area contributed by atoms with Crippen molar-refractivity contribution < 1.29 is 9.47 Å². The van der Waals surface area contributed by atoms with E-state index in [-0.39, 0.29) is 0 Å². The second-order valence-corrected chi connectivity index (χ2v) is 7.26. The normalized spacial score (nSPS) is 15.1. The molecule has 1 saturated heterocycles. The zero-order chi connectivity index (χ0) is 19.2. The molecule has 0 spiro atoms. The number of hydrogen-bond acceptors (Lipinski definition) is 4. The third kappa shape index (κ3) is 4.42. The Hall–Kier alpha value is -2.66. The Morgan fingerprint density at radius 3 is 2.61 bits per heavy atom. The van der Waals surface area contributed by atoms with Gasteiger partial charge in [-0.25, -0.2) is 0 Å². The van der Waals surface area contributed by atoms with Gasteiger partial charge in [0.1, 0.15) is 11.5 Å². The summed E-state index contributed by atoms with van der Waals surface area (Å²) in [5.74, 6) is 1.92. The van der Waals surface area contributed by atoms with Crippen LogP contribution in [0.15, 0.2) is 60.9 Å². The molecule has 0 unspecified atom stereocenters. The van der Waals surface area contributed by atoms with Crippen molar-refractivity contribution in [1.29, 1.82) is 0 Å². The molecule has 1 aliphatic rings. The van der Waals surface area contributed by atoms with Crippen LogP contribution < -0.4 is 14.4 Å². The van der Waals surface area contributed by atoms with Crippen molar-refractivity contribution >= 4 is 11.2 Å². The minimum absolute atomic E-state index is 0.776. The molecule has 0 bridgehead atoms. The molecule has 1 fully saturated rings. The van der Waals surface area contributed by atoms with Crippen molar-refractivity contribution in [2.75, 3.05) is 51.3 Å². The standard InChI is InChI=1S/C23H29N3O2/c1-27-23-9-3-2-8-22(23)26-16-14-24(15-17-26)11-4-5-18-28-21-10-13-25-12-6-7-20(25)19-21/h2-3,6-10,12-13,19H,4-5,11,14-18H2,1H3. The molecule has 0 saturated carbocycles. The Balaban J connectivity index is 1.15. The van der Waals surface area contributed by atoms with E-state index in [9.17, 15) is 0 Å². The number of unbranched alkanes of at least 4 members (excludes halogenated alkanes) is 1. The first-order valence-electron chi connectivity index (χ1n) is 10.1. The van der Waals surface area contributed by atoms with Gasteiger partial charge in [0.25, 0.3) is 0 Å². The van der Waals surface area contributed by atoms with E-state index >= 15 is 0 Å². The molecule has 2 aromatic heterocycles. The summed E-state index contributed by atoms with van der Waals surface area (Å²) in [5, 5.41) is 0. The number of benzene rings is 1. The molecule has 0 amide bonds. The number of ether oxygens (including phenoxy) is 2. The average Bonchev–Trinajstić information content (AvgIpc) is 3.22. The van der Waals surface area contributed by atoms with E-state index in [1.165, 1.54) is 17.6 Å². The summed E-state index contributed by atoms with van der Waals surface area (Å²) < 4.78 is 13.5. The van der Waals surface area contributed by atoms with Crippen molar-refractivity contribution in [3.63, 3.8) is 0 Å². The van der Waals surface area contributed by atoms with Gasteiger partial charge in [-0.1, -0.05) is 12.1 Å². The Labute approximate surface area is 167 Å². The first-order chi connectivity index (χ1) is 13.8. The van der Waals surface area contributed by atoms with E-state index in [0.29, 0.717) is 0 Å². The molecule has 148 valence electrons. The minimum atomic E-state index is 0.776. The minimum Gasteiger partial charge on any atom is -0.495 e. The quantitative estimate of drug-likeness (QED) is 0.555. The topological polar surface area (TPSA) is 29.4 Å². The van der Waals surface area contributed by atoms with Gasteiger partial charge in [0.05, 0.1) is 19.4 Å². The monoisotopic (exact) mass is 379 g/mol. The lowest BCUT2D eigenvalue weighted by Gasteiger charge is -2.36. The van der Waals surface area contributed by atoms with Crippen LogP contribution in [0.5, 0.6) is 11.5 Å². The van der Waals surface area contributed by atoms with E-state index in [1.54, 1.807) is 7.11 Å². The zero-order valence-corrected chi connectivity index (χ0v) is 16.6. The first-order valence-corrected chi connectivity index (χ1v) is 10.1. The number of para-hydroxylation sites is 2. The Morgan fingerprint density at radius 1 is 0.893 bits per heavy atom. The molecule has 0 N–H and O–H groups in total. The van der Waals surface area contributed by atoms with Crippen LogP contribution >= 0.6 is 0 Å². The number of methoxy groups -OCH3 is 1. The van der Waals surface area contributed by atoms with Crippen LogP contribution in [0.1, 0.15) is 12.8 Å². The fourth-order valence-electron chi connectivity index (χ4n) is 3.83. The molecule has 1 aromatic carbocycles. The predicted octanol–water partition coefficient (Wildman–Crippen LogP) is 3.93. The third-order valence-corrected chi connectivity index (χ3v) is 5.44. The number of pyridine rings is 1. The fraction of sp³-hybridized carbons (Fsp3) is 0.391. The van der Waals surface area contributed by atoms with Gasteiger partial charge in [0, 0.05) is 50.2 Å². The molecule has 4 rings (SSSR count). The maximum absolute atomic E-state index is 5.92. The maximum Gasteiger partial charge on any atom is 0.142 e. The predicted molar refractivity (Wildman–Crippen MR) is 114 cm³/mol. The third-order valence-electron chi connectivity index (χ3n) is 5.44. The highest BCUT2D eigenvalue weighted by atomic mass is 16.5. The summed E-state index contributed by atoms with van der Waals surface area (Å²) >= 11 is 0. The molecule has 0 atom stereocenters. The number of fused-ring (bicyclic) bond motifs is 1. The summed E-state index contributed by atoms with van der Waals surface area (Å²) in [5.41, 5.74) is 2.38. The first kappa shape index (κ1) is 18.7. The van der Waals surface area contributed by atoms with Crippen molar-refractivity contribution in [1.82, 2.24) is 9.30 Å². The van der Waals surface area contributed by atoms with Gasteiger partial charge in [0.15, 0.2) is 0 Å². The second kappa shape index (κ2) is 9.02. The van der Waals surface area contributed by atoms with E-state index in [1.807, 2.05) is 36.7 Å². The highest BCUT2D eigenvalue weighted by Crippen LogP contribution is 2.28. The van der Waals surface area contributed by atoms with Crippen molar-refractivity contribution in [3.8, 4) is 11.5 Å². The number of rotatable bonds is 8. The highest BCUT2D eigenvalue weighted by molar-refractivity contribution is 5.58. The molecular formula is C23H29N3O2. The SMILES string of the molecule is COc1ccccc1N1CCN(CCCCOc2ccn3cccc3c2)CC1. The lowest BCUT2D eigenvalue weighted by Crippen LogP contribution is -2.46. The molecule has 0 aliphatic carbocycles. The van der Waals surface area contributed by atoms with Gasteiger partial charge in [0.2, 0.25) is 0 Å². The van der Waals surface area contributed by atoms with E-state index < -0.39 is 0 Å². The van der Waals surface area contributed by atoms with Crippen molar-refractivity contribution in [2.24, 2.45) is 0 Å². The lowest BCUT2D eigenvalue weighted by atomic mass is 10.2. The Morgan fingerprint density at radius 2 is 1.75 bits per heavy atom. The summed E-state index contributed by atoms with van der Waals surface area (Å²) in [6, 6.07) is 16.6. The van der Waals surface area contributed by atoms with Gasteiger partial charge < -0.3 is 18.8 Å². The Bertz CT molecular complexity index is 884. The van der Waals surface area contributed by atoms with Crippen LogP contribution in [0.3, 0.4) is 0 Å². The summed E-state index contributed by atoms with van der Waals surface area (Å²) in [7, 11) is 1.74. The van der Waals surface area contributed by atoms with Gasteiger partial charge >= 0.3 is 0 Å². The van der Waals surface area contributed by atoms with Gasteiger partial charge in [-0.05, 0) is 49.7 Å². The molecule has 1 aliphatic heterocycles. The van der Waals surface area contributed by atoms with Crippen molar-refractivity contribution in [3.05, 3.63) is 60.9 Å². The molecular weight excluding hydrogens is 350 g/mol. The zero-order valence-electron chi connectivity index (χ0n) is 16.6. The molecule has 3 heterocycles. The average molecular weight is 380 g/mol. The van der Waals surface area contributed by atoms with Crippen LogP contribution in [0.25, 0.3) is 5.52 Å². The van der Waals surface area contributed by atoms with E-state index in [4.69, 9.17) is 9.47 Å². The van der Waals surface area contributed by atoms with E-state index in [2.05, 4.69) is 38.5 Å². The van der Waals surface area contributed by atoms with Gasteiger partial charge in [-0.15, -0.1) is 0 Å². The smallest absolute Gasteiger partial charge is 0.142 e. The number of piperazine rings is 1. The van der Waals surface area contributed by atoms with Crippen molar-refractivity contribution in [2.45, 2.75) is 12.8 Å². The molecule has 5 nitrogen and oxygen atoms in total. The van der Waals surface area contributed by atoms with Crippen LogP contribution in [0.2, 0.25) is 0 Å². The summed E-state index contributed by atoms with van der Waals surface area (Å²) in [6.07, 6.45) is 6.35. The summed E-state index contributed by atoms with van der Waals surface area (Å²) in [4.78, 5) is 4.98. The fourth-order valence-corrected chi connectivity index (χ4v) is 3.83. The van der Waals surface area contributed by atoms with Gasteiger partial charge in [-0.3, -0.25) is 4.90 Å². The second-order valence-electron chi connectivity index (χ2n) is 7.26. The molecule has 3 aromatic rings. The number of nitrogens with zero attached hydrogens (tertiary/aromatic N) is 3. The largest absolute Gasteiger partial charge is 0.495 e. The molecule has 0 radical (unpaired) electrons. The van der Waals surface area contributed by atoms with Crippen LogP contribution in [-0.2, 0) is 0 Å². The molecule has 28 heavy (non-hydrogen) atoms. The van der Waals surface area contributed by atoms with E-state index in [0.717, 1.165) is 57.3 Å². The lowest BCUT2D eigenvalue weighted by molar-refractivity contribution is 0.238. The Kier molecular flexibility index (Phi) is 6.02. The molecule has 5 heteroatoms. The van der Waals surface area contributed by atoms with Crippen LogP contribution in [-0.4, -0.2) is 55.7 Å².